The number of hydrogen-bond donors (Lipinski definition) is 2. The first-order valence-corrected chi connectivity index (χ1v) is 8.10. The third-order valence-electron chi connectivity index (χ3n) is 5.52. The molecule has 3 rings (SSSR count). The largest absolute Gasteiger partial charge is 0.389 e. The molecule has 0 radical (unpaired) electrons. The second kappa shape index (κ2) is 5.86. The Bertz CT molecular complexity index is 555. The molecule has 1 saturated heterocycles. The number of hydrogen-bond acceptors (Lipinski definition) is 2. The molecular formula is C20H25NO. The van der Waals surface area contributed by atoms with Gasteiger partial charge in [-0.25, -0.2) is 0 Å². The van der Waals surface area contributed by atoms with Crippen LogP contribution in [-0.2, 0) is 0 Å². The summed E-state index contributed by atoms with van der Waals surface area (Å²) in [5.74, 6) is 0.287. The lowest BCUT2D eigenvalue weighted by Crippen LogP contribution is -2.56. The van der Waals surface area contributed by atoms with Gasteiger partial charge in [0.25, 0.3) is 0 Å². The van der Waals surface area contributed by atoms with Crippen LogP contribution in [0.5, 0.6) is 0 Å². The molecule has 1 aliphatic heterocycles. The van der Waals surface area contributed by atoms with Crippen molar-refractivity contribution in [1.82, 2.24) is 5.32 Å². The molecule has 2 aromatic rings. The van der Waals surface area contributed by atoms with E-state index in [0.29, 0.717) is 0 Å². The van der Waals surface area contributed by atoms with Gasteiger partial charge in [0.15, 0.2) is 0 Å². The van der Waals surface area contributed by atoms with Crippen LogP contribution in [0.2, 0.25) is 0 Å². The molecule has 1 unspecified atom stereocenters. The molecule has 2 N–H and O–H groups in total. The van der Waals surface area contributed by atoms with Crippen LogP contribution in [0.15, 0.2) is 60.7 Å². The molecule has 5 atom stereocenters. The molecule has 116 valence electrons. The molecule has 0 aromatic heterocycles. The Morgan fingerprint density at radius 2 is 1.14 bits per heavy atom. The van der Waals surface area contributed by atoms with Crippen molar-refractivity contribution in [3.8, 4) is 0 Å². The molecule has 1 aliphatic rings. The number of aliphatic hydroxyl groups is 1. The minimum absolute atomic E-state index is 0.143. The van der Waals surface area contributed by atoms with Crippen LogP contribution in [0.1, 0.15) is 44.0 Å². The van der Waals surface area contributed by atoms with Crippen molar-refractivity contribution in [3.05, 3.63) is 71.8 Å². The minimum atomic E-state index is -0.716. The average molecular weight is 295 g/mol. The van der Waals surface area contributed by atoms with Gasteiger partial charge in [-0.2, -0.15) is 0 Å². The standard InChI is InChI=1S/C20H25NO/c1-14-18(16-10-6-4-7-11-16)21-19(15(2)20(14,3)22)17-12-8-5-9-13-17/h4-15,18-19,21-22H,1-3H3/t14-,15+,18-,19+,20?. The van der Waals surface area contributed by atoms with Gasteiger partial charge in [-0.05, 0) is 18.1 Å². The molecule has 1 heterocycles. The van der Waals surface area contributed by atoms with E-state index in [2.05, 4.69) is 67.7 Å². The van der Waals surface area contributed by atoms with E-state index in [0.717, 1.165) is 0 Å². The number of nitrogens with one attached hydrogen (secondary N) is 1. The van der Waals surface area contributed by atoms with Crippen molar-refractivity contribution in [1.29, 1.82) is 0 Å². The van der Waals surface area contributed by atoms with Crippen LogP contribution in [0.25, 0.3) is 0 Å². The highest BCUT2D eigenvalue weighted by atomic mass is 16.3. The van der Waals surface area contributed by atoms with Gasteiger partial charge in [0.2, 0.25) is 0 Å². The Labute approximate surface area is 133 Å². The Morgan fingerprint density at radius 1 is 0.773 bits per heavy atom. The van der Waals surface area contributed by atoms with E-state index in [-0.39, 0.29) is 23.9 Å². The smallest absolute Gasteiger partial charge is 0.0706 e. The van der Waals surface area contributed by atoms with Crippen LogP contribution in [0.4, 0.5) is 0 Å². The van der Waals surface area contributed by atoms with Crippen LogP contribution in [0.3, 0.4) is 0 Å². The van der Waals surface area contributed by atoms with Gasteiger partial charge < -0.3 is 10.4 Å². The normalized spacial score (nSPS) is 35.3. The Balaban J connectivity index is 1.99. The van der Waals surface area contributed by atoms with Gasteiger partial charge in [-0.3, -0.25) is 0 Å². The van der Waals surface area contributed by atoms with E-state index in [9.17, 15) is 5.11 Å². The summed E-state index contributed by atoms with van der Waals surface area (Å²) in [6.45, 7) is 6.26. The van der Waals surface area contributed by atoms with Crippen LogP contribution in [-0.4, -0.2) is 10.7 Å². The van der Waals surface area contributed by atoms with E-state index >= 15 is 0 Å². The minimum Gasteiger partial charge on any atom is -0.389 e. The lowest BCUT2D eigenvalue weighted by Gasteiger charge is -2.50. The van der Waals surface area contributed by atoms with Gasteiger partial charge in [0.1, 0.15) is 0 Å². The fourth-order valence-corrected chi connectivity index (χ4v) is 3.66. The molecule has 0 spiro atoms. The van der Waals surface area contributed by atoms with Gasteiger partial charge in [-0.15, -0.1) is 0 Å². The van der Waals surface area contributed by atoms with Crippen molar-refractivity contribution < 1.29 is 5.11 Å². The van der Waals surface area contributed by atoms with Crippen LogP contribution in [0, 0.1) is 11.8 Å². The van der Waals surface area contributed by atoms with Crippen molar-refractivity contribution in [2.75, 3.05) is 0 Å². The second-order valence-electron chi connectivity index (χ2n) is 6.75. The maximum atomic E-state index is 11.1. The zero-order valence-electron chi connectivity index (χ0n) is 13.5. The third-order valence-corrected chi connectivity index (χ3v) is 5.52. The summed E-state index contributed by atoms with van der Waals surface area (Å²) < 4.78 is 0. The lowest BCUT2D eigenvalue weighted by atomic mass is 9.67. The first kappa shape index (κ1) is 15.3. The number of benzene rings is 2. The van der Waals surface area contributed by atoms with E-state index in [1.54, 1.807) is 0 Å². The fourth-order valence-electron chi connectivity index (χ4n) is 3.66. The highest BCUT2D eigenvalue weighted by molar-refractivity contribution is 5.27. The highest BCUT2D eigenvalue weighted by Crippen LogP contribution is 2.46. The summed E-state index contributed by atoms with van der Waals surface area (Å²) >= 11 is 0. The fraction of sp³-hybridized carbons (Fsp3) is 0.400. The quantitative estimate of drug-likeness (QED) is 0.874. The second-order valence-corrected chi connectivity index (χ2v) is 6.75. The molecule has 0 saturated carbocycles. The molecule has 22 heavy (non-hydrogen) atoms. The molecule has 1 fully saturated rings. The Kier molecular flexibility index (Phi) is 4.07. The van der Waals surface area contributed by atoms with Crippen molar-refractivity contribution in [3.63, 3.8) is 0 Å². The zero-order chi connectivity index (χ0) is 15.7. The molecule has 2 nitrogen and oxygen atoms in total. The summed E-state index contributed by atoms with van der Waals surface area (Å²) in [5.41, 5.74) is 1.76. The SMILES string of the molecule is C[C@@H]1[C@H](c2ccccc2)N[C@H](c2ccccc2)[C@H](C)C1(C)O. The Hall–Kier alpha value is -1.64. The maximum Gasteiger partial charge on any atom is 0.0706 e. The number of piperidine rings is 1. The lowest BCUT2D eigenvalue weighted by molar-refractivity contribution is -0.0960. The van der Waals surface area contributed by atoms with Crippen molar-refractivity contribution in [2.24, 2.45) is 11.8 Å². The van der Waals surface area contributed by atoms with Gasteiger partial charge in [0, 0.05) is 23.9 Å². The molecule has 0 aliphatic carbocycles. The van der Waals surface area contributed by atoms with Crippen LogP contribution < -0.4 is 5.32 Å². The van der Waals surface area contributed by atoms with E-state index in [4.69, 9.17) is 0 Å². The summed E-state index contributed by atoms with van der Waals surface area (Å²) in [6.07, 6.45) is 0. The molecular weight excluding hydrogens is 270 g/mol. The average Bonchev–Trinajstić information content (AvgIpc) is 2.55. The molecule has 2 heteroatoms. The van der Waals surface area contributed by atoms with E-state index in [1.165, 1.54) is 11.1 Å². The van der Waals surface area contributed by atoms with E-state index < -0.39 is 5.60 Å². The molecule has 0 amide bonds. The van der Waals surface area contributed by atoms with Crippen LogP contribution >= 0.6 is 0 Å². The van der Waals surface area contributed by atoms with Crippen molar-refractivity contribution >= 4 is 0 Å². The van der Waals surface area contributed by atoms with Gasteiger partial charge in [-0.1, -0.05) is 74.5 Å². The zero-order valence-corrected chi connectivity index (χ0v) is 13.5. The summed E-state index contributed by atoms with van der Waals surface area (Å²) in [7, 11) is 0. The van der Waals surface area contributed by atoms with Gasteiger partial charge in [0.05, 0.1) is 5.60 Å². The molecule has 0 bridgehead atoms. The first-order valence-electron chi connectivity index (χ1n) is 8.10. The Morgan fingerprint density at radius 3 is 1.50 bits per heavy atom. The van der Waals surface area contributed by atoms with Gasteiger partial charge >= 0.3 is 0 Å². The molecule has 2 aromatic carbocycles. The maximum absolute atomic E-state index is 11.1. The van der Waals surface area contributed by atoms with E-state index in [1.807, 2.05) is 19.1 Å². The highest BCUT2D eigenvalue weighted by Gasteiger charge is 2.48. The predicted octanol–water partition coefficient (Wildman–Crippen LogP) is 4.10. The topological polar surface area (TPSA) is 32.3 Å². The third kappa shape index (κ3) is 2.57. The summed E-state index contributed by atoms with van der Waals surface area (Å²) in [5, 5.41) is 14.9. The monoisotopic (exact) mass is 295 g/mol. The number of rotatable bonds is 2. The first-order chi connectivity index (χ1) is 10.5. The predicted molar refractivity (Wildman–Crippen MR) is 90.5 cm³/mol. The van der Waals surface area contributed by atoms with Crippen molar-refractivity contribution in [2.45, 2.75) is 38.5 Å². The summed E-state index contributed by atoms with van der Waals surface area (Å²) in [4.78, 5) is 0. The summed E-state index contributed by atoms with van der Waals surface area (Å²) in [6, 6.07) is 21.2.